The topological polar surface area (TPSA) is 3.24 Å². The molecule has 1 atom stereocenters. The van der Waals surface area contributed by atoms with E-state index in [0.29, 0.717) is 5.41 Å². The fraction of sp³-hybridized carbons (Fsp3) is 0.667. The molecular formula is C12H19N. The van der Waals surface area contributed by atoms with E-state index >= 15 is 0 Å². The van der Waals surface area contributed by atoms with Crippen LogP contribution in [-0.2, 0) is 0 Å². The van der Waals surface area contributed by atoms with Gasteiger partial charge in [-0.25, -0.2) is 0 Å². The number of fused-ring (bicyclic) bond motifs is 1. The van der Waals surface area contributed by atoms with Crippen LogP contribution in [0.1, 0.15) is 26.7 Å². The van der Waals surface area contributed by atoms with E-state index in [9.17, 15) is 0 Å². The lowest BCUT2D eigenvalue weighted by molar-refractivity contribution is 0.124. The Morgan fingerprint density at radius 1 is 1.46 bits per heavy atom. The number of likely N-dealkylation sites (tertiary alicyclic amines) is 1. The maximum absolute atomic E-state index is 2.42. The van der Waals surface area contributed by atoms with Crippen molar-refractivity contribution in [2.45, 2.75) is 26.7 Å². The Morgan fingerprint density at radius 3 is 2.92 bits per heavy atom. The van der Waals surface area contributed by atoms with Crippen LogP contribution < -0.4 is 0 Å². The minimum absolute atomic E-state index is 0.489. The zero-order chi connectivity index (χ0) is 9.47. The average molecular weight is 177 g/mol. The summed E-state index contributed by atoms with van der Waals surface area (Å²) in [4.78, 5) is 2.42. The summed E-state index contributed by atoms with van der Waals surface area (Å²) in [5.74, 6) is 0.747. The Morgan fingerprint density at radius 2 is 2.23 bits per heavy atom. The summed E-state index contributed by atoms with van der Waals surface area (Å²) >= 11 is 0. The van der Waals surface area contributed by atoms with Gasteiger partial charge in [-0.3, -0.25) is 0 Å². The van der Waals surface area contributed by atoms with Gasteiger partial charge < -0.3 is 4.90 Å². The van der Waals surface area contributed by atoms with Crippen molar-refractivity contribution in [1.29, 1.82) is 0 Å². The predicted octanol–water partition coefficient (Wildman–Crippen LogP) is 2.81. The summed E-state index contributed by atoms with van der Waals surface area (Å²) in [7, 11) is 2.22. The molecule has 1 nitrogen and oxygen atoms in total. The molecule has 0 bridgehead atoms. The molecule has 0 saturated carbocycles. The number of nitrogens with zero attached hydrogens (tertiary/aromatic N) is 1. The molecule has 72 valence electrons. The quantitative estimate of drug-likeness (QED) is 0.550. The molecule has 2 rings (SSSR count). The summed E-state index contributed by atoms with van der Waals surface area (Å²) in [5, 5.41) is 0. The molecule has 0 aromatic heterocycles. The van der Waals surface area contributed by atoms with Crippen molar-refractivity contribution < 1.29 is 0 Å². The van der Waals surface area contributed by atoms with Gasteiger partial charge in [0, 0.05) is 25.2 Å². The second kappa shape index (κ2) is 2.90. The maximum Gasteiger partial charge on any atom is 0.0177 e. The second-order valence-electron chi connectivity index (χ2n) is 4.97. The highest BCUT2D eigenvalue weighted by molar-refractivity contribution is 5.23. The monoisotopic (exact) mass is 177 g/mol. The van der Waals surface area contributed by atoms with Crippen LogP contribution in [0.4, 0.5) is 0 Å². The molecule has 1 aliphatic heterocycles. The molecule has 0 aromatic carbocycles. The van der Waals surface area contributed by atoms with E-state index in [1.807, 2.05) is 0 Å². The Balaban J connectivity index is 2.31. The van der Waals surface area contributed by atoms with Crippen LogP contribution in [0.2, 0.25) is 0 Å². The Hall–Kier alpha value is -0.720. The molecule has 13 heavy (non-hydrogen) atoms. The molecular weight excluding hydrogens is 158 g/mol. The van der Waals surface area contributed by atoms with Crippen molar-refractivity contribution in [1.82, 2.24) is 4.90 Å². The summed E-state index contributed by atoms with van der Waals surface area (Å²) in [6.07, 6.45) is 9.33. The van der Waals surface area contributed by atoms with E-state index in [1.54, 1.807) is 5.70 Å². The third kappa shape index (κ3) is 1.41. The highest BCUT2D eigenvalue weighted by atomic mass is 15.1. The van der Waals surface area contributed by atoms with Gasteiger partial charge in [0.15, 0.2) is 0 Å². The van der Waals surface area contributed by atoms with Crippen LogP contribution in [0, 0.1) is 11.3 Å². The van der Waals surface area contributed by atoms with Gasteiger partial charge in [0.05, 0.1) is 0 Å². The SMILES string of the molecule is CN1CCC(C)(C)C2CC=CC=C21. The highest BCUT2D eigenvalue weighted by Crippen LogP contribution is 2.44. The normalized spacial score (nSPS) is 31.2. The smallest absolute Gasteiger partial charge is 0.0177 e. The lowest BCUT2D eigenvalue weighted by Gasteiger charge is -2.46. The largest absolute Gasteiger partial charge is 0.378 e. The van der Waals surface area contributed by atoms with Crippen molar-refractivity contribution in [2.24, 2.45) is 11.3 Å². The van der Waals surface area contributed by atoms with Crippen LogP contribution in [0.3, 0.4) is 0 Å². The summed E-state index contributed by atoms with van der Waals surface area (Å²) < 4.78 is 0. The zero-order valence-corrected chi connectivity index (χ0v) is 8.88. The molecule has 0 radical (unpaired) electrons. The average Bonchev–Trinajstić information content (AvgIpc) is 2.13. The molecule has 2 aliphatic rings. The number of piperidine rings is 1. The lowest BCUT2D eigenvalue weighted by Crippen LogP contribution is -2.41. The van der Waals surface area contributed by atoms with Crippen LogP contribution >= 0.6 is 0 Å². The van der Waals surface area contributed by atoms with E-state index in [0.717, 1.165) is 5.92 Å². The van der Waals surface area contributed by atoms with Crippen molar-refractivity contribution in [3.8, 4) is 0 Å². The number of rotatable bonds is 0. The van der Waals surface area contributed by atoms with Gasteiger partial charge in [-0.05, 0) is 24.3 Å². The van der Waals surface area contributed by atoms with Gasteiger partial charge in [0.2, 0.25) is 0 Å². The Kier molecular flexibility index (Phi) is 1.98. The van der Waals surface area contributed by atoms with Crippen LogP contribution in [0.25, 0.3) is 0 Å². The van der Waals surface area contributed by atoms with Crippen LogP contribution in [-0.4, -0.2) is 18.5 Å². The predicted molar refractivity (Wildman–Crippen MR) is 56.4 cm³/mol. The fourth-order valence-corrected chi connectivity index (χ4v) is 2.49. The molecule has 1 fully saturated rings. The Bertz CT molecular complexity index is 260. The standard InChI is InChI=1S/C12H19N/c1-12(2)8-9-13(3)11-7-5-4-6-10(11)12/h4-5,7,10H,6,8-9H2,1-3H3. The number of hydrogen-bond donors (Lipinski definition) is 0. The minimum atomic E-state index is 0.489. The van der Waals surface area contributed by atoms with E-state index in [1.165, 1.54) is 19.4 Å². The molecule has 0 N–H and O–H groups in total. The third-order valence-electron chi connectivity index (χ3n) is 3.61. The van der Waals surface area contributed by atoms with Gasteiger partial charge in [-0.2, -0.15) is 0 Å². The summed E-state index contributed by atoms with van der Waals surface area (Å²) in [5.41, 5.74) is 2.03. The van der Waals surface area contributed by atoms with Crippen molar-refractivity contribution in [2.75, 3.05) is 13.6 Å². The first kappa shape index (κ1) is 8.86. The van der Waals surface area contributed by atoms with Crippen molar-refractivity contribution in [3.63, 3.8) is 0 Å². The van der Waals surface area contributed by atoms with Crippen LogP contribution in [0.15, 0.2) is 23.9 Å². The third-order valence-corrected chi connectivity index (χ3v) is 3.61. The Labute approximate surface area is 81.1 Å². The van der Waals surface area contributed by atoms with Crippen LogP contribution in [0.5, 0.6) is 0 Å². The van der Waals surface area contributed by atoms with Gasteiger partial charge in [0.25, 0.3) is 0 Å². The van der Waals surface area contributed by atoms with Gasteiger partial charge in [0.1, 0.15) is 0 Å². The van der Waals surface area contributed by atoms with Crippen molar-refractivity contribution >= 4 is 0 Å². The molecule has 1 unspecified atom stereocenters. The molecule has 0 aromatic rings. The number of hydrogen-bond acceptors (Lipinski definition) is 1. The van der Waals surface area contributed by atoms with E-state index in [2.05, 4.69) is 44.0 Å². The first-order chi connectivity index (χ1) is 6.11. The van der Waals surface area contributed by atoms with E-state index in [-0.39, 0.29) is 0 Å². The van der Waals surface area contributed by atoms with Crippen molar-refractivity contribution in [3.05, 3.63) is 23.9 Å². The molecule has 1 aliphatic carbocycles. The lowest BCUT2D eigenvalue weighted by atomic mass is 9.69. The molecule has 1 heteroatoms. The van der Waals surface area contributed by atoms with E-state index < -0.39 is 0 Å². The molecule has 1 saturated heterocycles. The second-order valence-corrected chi connectivity index (χ2v) is 4.97. The first-order valence-corrected chi connectivity index (χ1v) is 5.19. The zero-order valence-electron chi connectivity index (χ0n) is 8.88. The van der Waals surface area contributed by atoms with Gasteiger partial charge in [-0.1, -0.05) is 26.0 Å². The molecule has 1 heterocycles. The number of allylic oxidation sites excluding steroid dienone is 4. The maximum atomic E-state index is 2.42. The summed E-state index contributed by atoms with van der Waals surface area (Å²) in [6, 6.07) is 0. The highest BCUT2D eigenvalue weighted by Gasteiger charge is 2.37. The summed E-state index contributed by atoms with van der Waals surface area (Å²) in [6.45, 7) is 6.01. The first-order valence-electron chi connectivity index (χ1n) is 5.19. The van der Waals surface area contributed by atoms with Gasteiger partial charge in [-0.15, -0.1) is 0 Å². The fourth-order valence-electron chi connectivity index (χ4n) is 2.49. The molecule has 0 spiro atoms. The van der Waals surface area contributed by atoms with E-state index in [4.69, 9.17) is 0 Å². The molecule has 0 amide bonds. The van der Waals surface area contributed by atoms with Gasteiger partial charge >= 0.3 is 0 Å². The minimum Gasteiger partial charge on any atom is -0.378 e.